The molecule has 0 N–H and O–H groups in total. The highest BCUT2D eigenvalue weighted by molar-refractivity contribution is 5.50. The Bertz CT molecular complexity index is 1010. The van der Waals surface area contributed by atoms with Crippen LogP contribution in [0, 0.1) is 0 Å². The van der Waals surface area contributed by atoms with E-state index in [0.29, 0.717) is 13.0 Å². The molecule has 0 amide bonds. The zero-order valence-corrected chi connectivity index (χ0v) is 16.1. The van der Waals surface area contributed by atoms with E-state index in [9.17, 15) is 0 Å². The standard InChI is InChI=1S/C25H22O4/c1-3-7-20(8-4-1)25(21-9-5-2-6-10-21)12-11-24(29-25)15-18-13-22-23(27-17-26-22)14-19(18)16-28-24/h1-10,13-14H,11-12,15-17H2/t24-/m1/s1. The maximum atomic E-state index is 6.93. The van der Waals surface area contributed by atoms with Crippen LogP contribution in [0.15, 0.2) is 72.8 Å². The van der Waals surface area contributed by atoms with Gasteiger partial charge in [0.15, 0.2) is 17.3 Å². The largest absolute Gasteiger partial charge is 0.454 e. The Balaban J connectivity index is 1.40. The van der Waals surface area contributed by atoms with Crippen LogP contribution < -0.4 is 9.47 Å². The van der Waals surface area contributed by atoms with Crippen molar-refractivity contribution in [3.8, 4) is 11.5 Å². The van der Waals surface area contributed by atoms with E-state index in [1.165, 1.54) is 16.7 Å². The molecule has 0 saturated carbocycles. The van der Waals surface area contributed by atoms with E-state index in [2.05, 4.69) is 54.6 Å². The van der Waals surface area contributed by atoms with Gasteiger partial charge >= 0.3 is 0 Å². The van der Waals surface area contributed by atoms with E-state index in [4.69, 9.17) is 18.9 Å². The summed E-state index contributed by atoms with van der Waals surface area (Å²) in [6.45, 7) is 0.803. The molecule has 3 aliphatic heterocycles. The van der Waals surface area contributed by atoms with Gasteiger partial charge in [-0.2, -0.15) is 0 Å². The van der Waals surface area contributed by atoms with E-state index in [1.54, 1.807) is 0 Å². The molecule has 0 unspecified atom stereocenters. The molecule has 4 heteroatoms. The molecule has 1 spiro atoms. The first-order valence-electron chi connectivity index (χ1n) is 10.1. The van der Waals surface area contributed by atoms with Crippen molar-refractivity contribution in [1.29, 1.82) is 0 Å². The van der Waals surface area contributed by atoms with Crippen LogP contribution in [0.3, 0.4) is 0 Å². The second-order valence-corrected chi connectivity index (χ2v) is 8.01. The van der Waals surface area contributed by atoms with E-state index in [1.807, 2.05) is 18.2 Å². The lowest BCUT2D eigenvalue weighted by Crippen LogP contribution is -2.41. The first-order chi connectivity index (χ1) is 14.3. The summed E-state index contributed by atoms with van der Waals surface area (Å²) in [5.41, 5.74) is 4.21. The molecule has 146 valence electrons. The van der Waals surface area contributed by atoms with Gasteiger partial charge < -0.3 is 18.9 Å². The third-order valence-electron chi connectivity index (χ3n) is 6.34. The number of fused-ring (bicyclic) bond motifs is 2. The van der Waals surface area contributed by atoms with Gasteiger partial charge in [-0.25, -0.2) is 0 Å². The van der Waals surface area contributed by atoms with Gasteiger partial charge in [0, 0.05) is 12.8 Å². The van der Waals surface area contributed by atoms with Crippen molar-refractivity contribution in [2.75, 3.05) is 6.79 Å². The van der Waals surface area contributed by atoms with Crippen LogP contribution in [0.1, 0.15) is 35.1 Å². The van der Waals surface area contributed by atoms with Gasteiger partial charge in [0.1, 0.15) is 5.60 Å². The summed E-state index contributed by atoms with van der Waals surface area (Å²) < 4.78 is 24.4. The Kier molecular flexibility index (Phi) is 3.73. The summed E-state index contributed by atoms with van der Waals surface area (Å²) in [6.07, 6.45) is 2.42. The first kappa shape index (κ1) is 17.1. The smallest absolute Gasteiger partial charge is 0.231 e. The van der Waals surface area contributed by atoms with E-state index >= 15 is 0 Å². The molecular weight excluding hydrogens is 364 g/mol. The summed E-state index contributed by atoms with van der Waals surface area (Å²) in [5, 5.41) is 0. The second kappa shape index (κ2) is 6.34. The van der Waals surface area contributed by atoms with Crippen LogP contribution in [-0.2, 0) is 28.1 Å². The molecule has 3 heterocycles. The van der Waals surface area contributed by atoms with Gasteiger partial charge in [-0.15, -0.1) is 0 Å². The van der Waals surface area contributed by atoms with Crippen LogP contribution in [0.2, 0.25) is 0 Å². The van der Waals surface area contributed by atoms with E-state index in [-0.39, 0.29) is 6.79 Å². The van der Waals surface area contributed by atoms with Crippen LogP contribution >= 0.6 is 0 Å². The average molecular weight is 386 g/mol. The fourth-order valence-corrected chi connectivity index (χ4v) is 4.88. The van der Waals surface area contributed by atoms with Crippen molar-refractivity contribution >= 4 is 0 Å². The maximum Gasteiger partial charge on any atom is 0.231 e. The lowest BCUT2D eigenvalue weighted by molar-refractivity contribution is -0.257. The zero-order chi connectivity index (χ0) is 19.3. The average Bonchev–Trinajstić information content (AvgIpc) is 3.39. The fourth-order valence-electron chi connectivity index (χ4n) is 4.88. The van der Waals surface area contributed by atoms with Crippen molar-refractivity contribution in [3.05, 3.63) is 95.1 Å². The molecule has 3 aromatic rings. The first-order valence-corrected chi connectivity index (χ1v) is 10.1. The fraction of sp³-hybridized carbons (Fsp3) is 0.280. The van der Waals surface area contributed by atoms with Crippen LogP contribution in [0.4, 0.5) is 0 Å². The summed E-state index contributed by atoms with van der Waals surface area (Å²) in [5.74, 6) is 0.988. The summed E-state index contributed by atoms with van der Waals surface area (Å²) >= 11 is 0. The highest BCUT2D eigenvalue weighted by atomic mass is 16.7. The van der Waals surface area contributed by atoms with Crippen molar-refractivity contribution in [2.24, 2.45) is 0 Å². The van der Waals surface area contributed by atoms with E-state index in [0.717, 1.165) is 29.9 Å². The van der Waals surface area contributed by atoms with Crippen molar-refractivity contribution < 1.29 is 18.9 Å². The maximum absolute atomic E-state index is 6.93. The van der Waals surface area contributed by atoms with Gasteiger partial charge in [-0.1, -0.05) is 60.7 Å². The Hall–Kier alpha value is -2.82. The Morgan fingerprint density at radius 2 is 1.31 bits per heavy atom. The van der Waals surface area contributed by atoms with Gasteiger partial charge in [0.2, 0.25) is 6.79 Å². The van der Waals surface area contributed by atoms with Crippen LogP contribution in [0.5, 0.6) is 11.5 Å². The Morgan fingerprint density at radius 1 is 0.690 bits per heavy atom. The molecule has 29 heavy (non-hydrogen) atoms. The molecule has 1 atom stereocenters. The van der Waals surface area contributed by atoms with Gasteiger partial charge in [0.05, 0.1) is 6.61 Å². The molecule has 6 rings (SSSR count). The molecule has 0 aliphatic carbocycles. The molecule has 3 aromatic carbocycles. The lowest BCUT2D eigenvalue weighted by Gasteiger charge is -2.38. The molecule has 0 radical (unpaired) electrons. The van der Waals surface area contributed by atoms with Gasteiger partial charge in [-0.05, 0) is 40.8 Å². The predicted octanol–water partition coefficient (Wildman–Crippen LogP) is 4.94. The number of benzene rings is 3. The topological polar surface area (TPSA) is 36.9 Å². The normalized spacial score (nSPS) is 23.9. The van der Waals surface area contributed by atoms with Gasteiger partial charge in [-0.3, -0.25) is 0 Å². The number of rotatable bonds is 2. The molecule has 0 aromatic heterocycles. The van der Waals surface area contributed by atoms with Crippen molar-refractivity contribution in [3.63, 3.8) is 0 Å². The number of hydrogen-bond donors (Lipinski definition) is 0. The molecule has 1 fully saturated rings. The predicted molar refractivity (Wildman–Crippen MR) is 108 cm³/mol. The Labute approximate surface area is 170 Å². The third kappa shape index (κ3) is 2.67. The third-order valence-corrected chi connectivity index (χ3v) is 6.34. The minimum Gasteiger partial charge on any atom is -0.454 e. The van der Waals surface area contributed by atoms with Crippen molar-refractivity contribution in [1.82, 2.24) is 0 Å². The SMILES string of the molecule is c1ccc(C2(c3ccccc3)CC[C@]3(Cc4cc5c(cc4CO3)OCO5)O2)cc1. The molecule has 0 bridgehead atoms. The zero-order valence-electron chi connectivity index (χ0n) is 16.1. The quantitative estimate of drug-likeness (QED) is 0.625. The van der Waals surface area contributed by atoms with E-state index < -0.39 is 11.4 Å². The minimum absolute atomic E-state index is 0.284. The number of hydrogen-bond acceptors (Lipinski definition) is 4. The minimum atomic E-state index is -0.633. The summed E-state index contributed by atoms with van der Waals surface area (Å²) in [4.78, 5) is 0. The van der Waals surface area contributed by atoms with Crippen LogP contribution in [0.25, 0.3) is 0 Å². The summed E-state index contributed by atoms with van der Waals surface area (Å²) in [6, 6.07) is 25.1. The monoisotopic (exact) mass is 386 g/mol. The molecule has 4 nitrogen and oxygen atoms in total. The van der Waals surface area contributed by atoms with Gasteiger partial charge in [0.25, 0.3) is 0 Å². The van der Waals surface area contributed by atoms with Crippen molar-refractivity contribution in [2.45, 2.75) is 37.3 Å². The second-order valence-electron chi connectivity index (χ2n) is 8.01. The van der Waals surface area contributed by atoms with Crippen LogP contribution in [-0.4, -0.2) is 12.6 Å². The Morgan fingerprint density at radius 3 is 1.97 bits per heavy atom. The lowest BCUT2D eigenvalue weighted by atomic mass is 9.83. The molecule has 1 saturated heterocycles. The highest BCUT2D eigenvalue weighted by Crippen LogP contribution is 2.52. The number of ether oxygens (including phenoxy) is 4. The highest BCUT2D eigenvalue weighted by Gasteiger charge is 2.53. The molecular formula is C25H22O4. The summed E-state index contributed by atoms with van der Waals surface area (Å²) in [7, 11) is 0. The molecule has 3 aliphatic rings.